The molecule has 0 aromatic carbocycles. The molecule has 0 aliphatic carbocycles. The Labute approximate surface area is 91.9 Å². The number of aliphatic hydroxyl groups excluding tert-OH is 1. The largest absolute Gasteiger partial charge is 0.388 e. The third-order valence-corrected chi connectivity index (χ3v) is 3.00. The summed E-state index contributed by atoms with van der Waals surface area (Å²) in [6.45, 7) is 4.40. The Morgan fingerprint density at radius 3 is 2.80 bits per heavy atom. The van der Waals surface area contributed by atoms with Crippen molar-refractivity contribution in [1.29, 1.82) is 0 Å². The van der Waals surface area contributed by atoms with Crippen LogP contribution in [0, 0.1) is 5.92 Å². The zero-order valence-electron chi connectivity index (χ0n) is 9.74. The summed E-state index contributed by atoms with van der Waals surface area (Å²) in [5, 5.41) is 16.5. The first-order valence-corrected chi connectivity index (χ1v) is 5.94. The highest BCUT2D eigenvalue weighted by Gasteiger charge is 2.14. The van der Waals surface area contributed by atoms with E-state index in [-0.39, 0.29) is 6.10 Å². The van der Waals surface area contributed by atoms with Crippen LogP contribution in [0.5, 0.6) is 0 Å². The molecule has 0 fully saturated rings. The van der Waals surface area contributed by atoms with Gasteiger partial charge in [-0.1, -0.05) is 39.5 Å². The molecule has 2 unspecified atom stereocenters. The van der Waals surface area contributed by atoms with Gasteiger partial charge < -0.3 is 5.11 Å². The smallest absolute Gasteiger partial charge is 0.0823 e. The lowest BCUT2D eigenvalue weighted by molar-refractivity contribution is 0.139. The van der Waals surface area contributed by atoms with Crippen LogP contribution in [0.4, 0.5) is 0 Å². The molecule has 0 amide bonds. The summed E-state index contributed by atoms with van der Waals surface area (Å²) in [4.78, 5) is 0. The third kappa shape index (κ3) is 4.04. The SMILES string of the molecule is CCCCC(CC)CC(O)c1cn[nH]c1. The molecule has 86 valence electrons. The van der Waals surface area contributed by atoms with Crippen LogP contribution in [-0.4, -0.2) is 15.3 Å². The van der Waals surface area contributed by atoms with E-state index in [1.165, 1.54) is 19.3 Å². The molecule has 0 saturated carbocycles. The molecule has 0 saturated heterocycles. The van der Waals surface area contributed by atoms with Crippen molar-refractivity contribution in [3.05, 3.63) is 18.0 Å². The molecule has 1 heterocycles. The summed E-state index contributed by atoms with van der Waals surface area (Å²) in [7, 11) is 0. The lowest BCUT2D eigenvalue weighted by atomic mass is 9.91. The van der Waals surface area contributed by atoms with E-state index in [1.54, 1.807) is 12.4 Å². The van der Waals surface area contributed by atoms with Crippen LogP contribution in [-0.2, 0) is 0 Å². The van der Waals surface area contributed by atoms with Crippen LogP contribution < -0.4 is 0 Å². The van der Waals surface area contributed by atoms with Gasteiger partial charge in [0.15, 0.2) is 0 Å². The Morgan fingerprint density at radius 2 is 2.27 bits per heavy atom. The molecule has 1 rings (SSSR count). The first-order valence-electron chi connectivity index (χ1n) is 5.94. The molecule has 3 nitrogen and oxygen atoms in total. The minimum atomic E-state index is -0.356. The number of nitrogens with zero attached hydrogens (tertiary/aromatic N) is 1. The maximum Gasteiger partial charge on any atom is 0.0823 e. The van der Waals surface area contributed by atoms with Crippen molar-refractivity contribution in [1.82, 2.24) is 10.2 Å². The van der Waals surface area contributed by atoms with Crippen LogP contribution >= 0.6 is 0 Å². The van der Waals surface area contributed by atoms with Crippen molar-refractivity contribution in [3.63, 3.8) is 0 Å². The quantitative estimate of drug-likeness (QED) is 0.726. The lowest BCUT2D eigenvalue weighted by Crippen LogP contribution is -2.06. The molecule has 1 aromatic rings. The van der Waals surface area contributed by atoms with Crippen LogP contribution in [0.2, 0.25) is 0 Å². The Kier molecular flexibility index (Phi) is 5.40. The molecule has 1 aromatic heterocycles. The van der Waals surface area contributed by atoms with E-state index in [2.05, 4.69) is 24.0 Å². The fraction of sp³-hybridized carbons (Fsp3) is 0.750. The number of hydrogen-bond donors (Lipinski definition) is 2. The summed E-state index contributed by atoms with van der Waals surface area (Å²) < 4.78 is 0. The monoisotopic (exact) mass is 210 g/mol. The number of aliphatic hydroxyl groups is 1. The van der Waals surface area contributed by atoms with Crippen molar-refractivity contribution in [2.24, 2.45) is 5.92 Å². The van der Waals surface area contributed by atoms with E-state index >= 15 is 0 Å². The second-order valence-electron chi connectivity index (χ2n) is 4.20. The second-order valence-corrected chi connectivity index (χ2v) is 4.20. The number of hydrogen-bond acceptors (Lipinski definition) is 2. The highest BCUT2D eigenvalue weighted by molar-refractivity contribution is 5.06. The van der Waals surface area contributed by atoms with Crippen LogP contribution in [0.25, 0.3) is 0 Å². The summed E-state index contributed by atoms with van der Waals surface area (Å²) in [5.74, 6) is 0.634. The number of aromatic amines is 1. The van der Waals surface area contributed by atoms with E-state index in [9.17, 15) is 5.11 Å². The van der Waals surface area contributed by atoms with E-state index in [0.717, 1.165) is 18.4 Å². The first-order chi connectivity index (χ1) is 7.27. The molecule has 0 aliphatic rings. The van der Waals surface area contributed by atoms with Gasteiger partial charge in [-0.2, -0.15) is 5.10 Å². The summed E-state index contributed by atoms with van der Waals surface area (Å²) in [6.07, 6.45) is 8.85. The summed E-state index contributed by atoms with van der Waals surface area (Å²) in [6, 6.07) is 0. The number of aromatic nitrogens is 2. The number of nitrogens with one attached hydrogen (secondary N) is 1. The zero-order chi connectivity index (χ0) is 11.1. The molecule has 0 radical (unpaired) electrons. The van der Waals surface area contributed by atoms with Gasteiger partial charge >= 0.3 is 0 Å². The fourth-order valence-electron chi connectivity index (χ4n) is 1.88. The summed E-state index contributed by atoms with van der Waals surface area (Å²) >= 11 is 0. The highest BCUT2D eigenvalue weighted by Crippen LogP contribution is 2.25. The molecule has 2 N–H and O–H groups in total. The molecular weight excluding hydrogens is 188 g/mol. The minimum Gasteiger partial charge on any atom is -0.388 e. The molecule has 15 heavy (non-hydrogen) atoms. The van der Waals surface area contributed by atoms with Gasteiger partial charge in [0.25, 0.3) is 0 Å². The second kappa shape index (κ2) is 6.62. The predicted octanol–water partition coefficient (Wildman–Crippen LogP) is 3.05. The minimum absolute atomic E-state index is 0.356. The lowest BCUT2D eigenvalue weighted by Gasteiger charge is -2.17. The zero-order valence-corrected chi connectivity index (χ0v) is 9.74. The Bertz CT molecular complexity index is 246. The average molecular weight is 210 g/mol. The van der Waals surface area contributed by atoms with Crippen molar-refractivity contribution in [2.45, 2.75) is 52.1 Å². The molecular formula is C12H22N2O. The molecule has 0 spiro atoms. The van der Waals surface area contributed by atoms with Gasteiger partial charge in [0.1, 0.15) is 0 Å². The normalized spacial score (nSPS) is 15.1. The number of rotatable bonds is 7. The average Bonchev–Trinajstić information content (AvgIpc) is 2.77. The topological polar surface area (TPSA) is 48.9 Å². The van der Waals surface area contributed by atoms with Gasteiger partial charge in [0, 0.05) is 11.8 Å². The van der Waals surface area contributed by atoms with Gasteiger partial charge in [-0.15, -0.1) is 0 Å². The van der Waals surface area contributed by atoms with Crippen molar-refractivity contribution in [2.75, 3.05) is 0 Å². The Balaban J connectivity index is 2.37. The predicted molar refractivity (Wildman–Crippen MR) is 61.5 cm³/mol. The molecule has 0 aliphatic heterocycles. The number of unbranched alkanes of at least 4 members (excludes halogenated alkanes) is 1. The standard InChI is InChI=1S/C12H22N2O/c1-3-5-6-10(4-2)7-12(15)11-8-13-14-9-11/h8-10,12,15H,3-7H2,1-2H3,(H,13,14). The van der Waals surface area contributed by atoms with Crippen molar-refractivity contribution >= 4 is 0 Å². The number of H-pyrrole nitrogens is 1. The van der Waals surface area contributed by atoms with E-state index in [1.807, 2.05) is 0 Å². The van der Waals surface area contributed by atoms with Crippen LogP contribution in [0.1, 0.15) is 57.6 Å². The van der Waals surface area contributed by atoms with Gasteiger partial charge in [-0.05, 0) is 12.3 Å². The van der Waals surface area contributed by atoms with Crippen LogP contribution in [0.15, 0.2) is 12.4 Å². The van der Waals surface area contributed by atoms with E-state index in [0.29, 0.717) is 5.92 Å². The highest BCUT2D eigenvalue weighted by atomic mass is 16.3. The first kappa shape index (κ1) is 12.2. The molecule has 0 bridgehead atoms. The fourth-order valence-corrected chi connectivity index (χ4v) is 1.88. The van der Waals surface area contributed by atoms with Gasteiger partial charge in [-0.25, -0.2) is 0 Å². The van der Waals surface area contributed by atoms with Gasteiger partial charge in [-0.3, -0.25) is 5.10 Å². The van der Waals surface area contributed by atoms with E-state index < -0.39 is 0 Å². The van der Waals surface area contributed by atoms with Gasteiger partial charge in [0.2, 0.25) is 0 Å². The Hall–Kier alpha value is -0.830. The summed E-state index contributed by atoms with van der Waals surface area (Å²) in [5.41, 5.74) is 0.907. The molecule has 2 atom stereocenters. The third-order valence-electron chi connectivity index (χ3n) is 3.00. The van der Waals surface area contributed by atoms with Crippen LogP contribution in [0.3, 0.4) is 0 Å². The van der Waals surface area contributed by atoms with Crippen molar-refractivity contribution < 1.29 is 5.11 Å². The maximum absolute atomic E-state index is 9.95. The molecule has 3 heteroatoms. The Morgan fingerprint density at radius 1 is 1.47 bits per heavy atom. The van der Waals surface area contributed by atoms with Gasteiger partial charge in [0.05, 0.1) is 12.3 Å². The maximum atomic E-state index is 9.95. The van der Waals surface area contributed by atoms with Crippen molar-refractivity contribution in [3.8, 4) is 0 Å². The van der Waals surface area contributed by atoms with E-state index in [4.69, 9.17) is 0 Å².